The highest BCUT2D eigenvalue weighted by molar-refractivity contribution is 6.30. The quantitative estimate of drug-likeness (QED) is 0.733. The van der Waals surface area contributed by atoms with Crippen LogP contribution in [0.1, 0.15) is 16.7 Å². The van der Waals surface area contributed by atoms with Gasteiger partial charge in [-0.25, -0.2) is 0 Å². The Hall–Kier alpha value is -2.49. The van der Waals surface area contributed by atoms with Crippen LogP contribution in [0.15, 0.2) is 72.8 Å². The van der Waals surface area contributed by atoms with Crippen LogP contribution in [0, 0.1) is 0 Å². The van der Waals surface area contributed by atoms with Gasteiger partial charge in [-0.2, -0.15) is 0 Å². The van der Waals surface area contributed by atoms with Gasteiger partial charge in [-0.05, 0) is 41.5 Å². The number of benzene rings is 3. The third-order valence-corrected chi connectivity index (χ3v) is 5.22. The van der Waals surface area contributed by atoms with Gasteiger partial charge in [-0.1, -0.05) is 54.1 Å². The molecule has 1 aliphatic rings. The van der Waals surface area contributed by atoms with E-state index in [0.29, 0.717) is 13.1 Å². The van der Waals surface area contributed by atoms with Gasteiger partial charge in [0.15, 0.2) is 0 Å². The minimum absolute atomic E-state index is 0.501. The molecule has 4 heteroatoms. The SMILES string of the molecule is COc1ccc(C2(O)CN(Cc3ccc(Cl)cc3)c3ccccc32)cc1. The van der Waals surface area contributed by atoms with Gasteiger partial charge in [0, 0.05) is 22.8 Å². The van der Waals surface area contributed by atoms with Crippen LogP contribution in [-0.2, 0) is 12.1 Å². The van der Waals surface area contributed by atoms with Crippen molar-refractivity contribution in [2.24, 2.45) is 0 Å². The molecule has 0 saturated heterocycles. The first kappa shape index (κ1) is 17.0. The van der Waals surface area contributed by atoms with E-state index in [1.54, 1.807) is 7.11 Å². The van der Waals surface area contributed by atoms with Crippen LogP contribution in [-0.4, -0.2) is 18.8 Å². The van der Waals surface area contributed by atoms with E-state index >= 15 is 0 Å². The number of hydrogen-bond donors (Lipinski definition) is 1. The Balaban J connectivity index is 1.70. The molecule has 1 N–H and O–H groups in total. The maximum atomic E-state index is 11.6. The standard InChI is InChI=1S/C22H20ClNO2/c1-26-19-12-8-17(9-13-19)22(25)15-24(21-5-3-2-4-20(21)22)14-16-6-10-18(23)11-7-16/h2-13,25H,14-15H2,1H3. The lowest BCUT2D eigenvalue weighted by atomic mass is 9.88. The van der Waals surface area contributed by atoms with Crippen molar-refractivity contribution >= 4 is 17.3 Å². The molecule has 1 atom stereocenters. The Kier molecular flexibility index (Phi) is 4.35. The molecular formula is C22H20ClNO2. The van der Waals surface area contributed by atoms with E-state index in [4.69, 9.17) is 16.3 Å². The highest BCUT2D eigenvalue weighted by atomic mass is 35.5. The third kappa shape index (κ3) is 2.94. The van der Waals surface area contributed by atoms with E-state index in [1.807, 2.05) is 66.7 Å². The lowest BCUT2D eigenvalue weighted by molar-refractivity contribution is 0.0977. The van der Waals surface area contributed by atoms with E-state index in [0.717, 1.165) is 33.1 Å². The zero-order valence-electron chi connectivity index (χ0n) is 14.5. The lowest BCUT2D eigenvalue weighted by Crippen LogP contribution is -2.34. The minimum Gasteiger partial charge on any atom is -0.497 e. The summed E-state index contributed by atoms with van der Waals surface area (Å²) in [4.78, 5) is 2.21. The van der Waals surface area contributed by atoms with Crippen LogP contribution in [0.4, 0.5) is 5.69 Å². The van der Waals surface area contributed by atoms with E-state index < -0.39 is 5.60 Å². The summed E-state index contributed by atoms with van der Waals surface area (Å²) in [7, 11) is 1.64. The number of methoxy groups -OCH3 is 1. The Morgan fingerprint density at radius 1 is 1.00 bits per heavy atom. The van der Waals surface area contributed by atoms with Gasteiger partial charge in [0.05, 0.1) is 13.7 Å². The molecule has 0 saturated carbocycles. The summed E-state index contributed by atoms with van der Waals surface area (Å²) in [6.45, 7) is 1.22. The maximum Gasteiger partial charge on any atom is 0.134 e. The first-order valence-electron chi connectivity index (χ1n) is 8.56. The number of aliphatic hydroxyl groups is 1. The summed E-state index contributed by atoms with van der Waals surface area (Å²) in [6.07, 6.45) is 0. The Morgan fingerprint density at radius 2 is 1.69 bits per heavy atom. The van der Waals surface area contributed by atoms with E-state index in [1.165, 1.54) is 0 Å². The summed E-state index contributed by atoms with van der Waals surface area (Å²) in [6, 6.07) is 23.5. The van der Waals surface area contributed by atoms with Gasteiger partial charge in [0.2, 0.25) is 0 Å². The fourth-order valence-corrected chi connectivity index (χ4v) is 3.74. The lowest BCUT2D eigenvalue weighted by Gasteiger charge is -2.26. The number of fused-ring (bicyclic) bond motifs is 1. The van der Waals surface area contributed by atoms with Crippen LogP contribution in [0.2, 0.25) is 5.02 Å². The van der Waals surface area contributed by atoms with Crippen molar-refractivity contribution in [1.82, 2.24) is 0 Å². The van der Waals surface area contributed by atoms with Crippen LogP contribution in [0.3, 0.4) is 0 Å². The molecule has 3 aromatic carbocycles. The molecule has 0 amide bonds. The second kappa shape index (κ2) is 6.67. The average molecular weight is 366 g/mol. The molecule has 0 aliphatic carbocycles. The Bertz CT molecular complexity index is 908. The van der Waals surface area contributed by atoms with Crippen molar-refractivity contribution in [2.45, 2.75) is 12.1 Å². The van der Waals surface area contributed by atoms with E-state index in [9.17, 15) is 5.11 Å². The number of ether oxygens (including phenoxy) is 1. The van der Waals surface area contributed by atoms with Gasteiger partial charge in [-0.15, -0.1) is 0 Å². The molecule has 0 bridgehead atoms. The van der Waals surface area contributed by atoms with Crippen molar-refractivity contribution < 1.29 is 9.84 Å². The summed E-state index contributed by atoms with van der Waals surface area (Å²) >= 11 is 6.00. The summed E-state index contributed by atoms with van der Waals surface area (Å²) < 4.78 is 5.24. The molecule has 0 radical (unpaired) electrons. The first-order valence-corrected chi connectivity index (χ1v) is 8.94. The number of rotatable bonds is 4. The number of nitrogens with zero attached hydrogens (tertiary/aromatic N) is 1. The smallest absolute Gasteiger partial charge is 0.134 e. The second-order valence-electron chi connectivity index (χ2n) is 6.59. The monoisotopic (exact) mass is 365 g/mol. The topological polar surface area (TPSA) is 32.7 Å². The fraction of sp³-hybridized carbons (Fsp3) is 0.182. The molecule has 3 aromatic rings. The molecule has 26 heavy (non-hydrogen) atoms. The molecule has 0 aromatic heterocycles. The zero-order chi connectivity index (χ0) is 18.1. The second-order valence-corrected chi connectivity index (χ2v) is 7.02. The molecular weight excluding hydrogens is 346 g/mol. The van der Waals surface area contributed by atoms with Crippen molar-refractivity contribution in [1.29, 1.82) is 0 Å². The maximum absolute atomic E-state index is 11.6. The minimum atomic E-state index is -1.05. The average Bonchev–Trinajstić information content (AvgIpc) is 2.97. The molecule has 1 heterocycles. The molecule has 132 valence electrons. The number of anilines is 1. The van der Waals surface area contributed by atoms with Crippen molar-refractivity contribution in [3.05, 3.63) is 94.5 Å². The molecule has 4 rings (SSSR count). The van der Waals surface area contributed by atoms with Crippen LogP contribution >= 0.6 is 11.6 Å². The van der Waals surface area contributed by atoms with Crippen LogP contribution < -0.4 is 9.64 Å². The molecule has 0 spiro atoms. The van der Waals surface area contributed by atoms with Gasteiger partial charge in [0.25, 0.3) is 0 Å². The predicted molar refractivity (Wildman–Crippen MR) is 105 cm³/mol. The zero-order valence-corrected chi connectivity index (χ0v) is 15.3. The van der Waals surface area contributed by atoms with Crippen LogP contribution in [0.25, 0.3) is 0 Å². The molecule has 1 aliphatic heterocycles. The predicted octanol–water partition coefficient (Wildman–Crippen LogP) is 4.60. The van der Waals surface area contributed by atoms with Gasteiger partial charge >= 0.3 is 0 Å². The third-order valence-electron chi connectivity index (χ3n) is 4.96. The molecule has 3 nitrogen and oxygen atoms in total. The first-order chi connectivity index (χ1) is 12.6. The van der Waals surface area contributed by atoms with E-state index in [-0.39, 0.29) is 0 Å². The van der Waals surface area contributed by atoms with E-state index in [2.05, 4.69) is 11.0 Å². The van der Waals surface area contributed by atoms with Gasteiger partial charge in [-0.3, -0.25) is 0 Å². The van der Waals surface area contributed by atoms with Gasteiger partial charge < -0.3 is 14.7 Å². The summed E-state index contributed by atoms with van der Waals surface area (Å²) in [5.41, 5.74) is 2.96. The molecule has 0 fully saturated rings. The van der Waals surface area contributed by atoms with Gasteiger partial charge in [0.1, 0.15) is 11.4 Å². The van der Waals surface area contributed by atoms with Crippen molar-refractivity contribution in [3.63, 3.8) is 0 Å². The number of halogens is 1. The highest BCUT2D eigenvalue weighted by Crippen LogP contribution is 2.44. The Labute approximate surface area is 158 Å². The number of β-amino-alcohol motifs (C(OH)–C–C–N with tert-alkyl or cyclic N) is 1. The van der Waals surface area contributed by atoms with Crippen LogP contribution in [0.5, 0.6) is 5.75 Å². The molecule has 1 unspecified atom stereocenters. The normalized spacial score (nSPS) is 18.7. The summed E-state index contributed by atoms with van der Waals surface area (Å²) in [5.74, 6) is 0.779. The highest BCUT2D eigenvalue weighted by Gasteiger charge is 2.42. The number of hydrogen-bond acceptors (Lipinski definition) is 3. The van der Waals surface area contributed by atoms with Crippen molar-refractivity contribution in [3.8, 4) is 5.75 Å². The van der Waals surface area contributed by atoms with Crippen molar-refractivity contribution in [2.75, 3.05) is 18.6 Å². The largest absolute Gasteiger partial charge is 0.497 e. The fourth-order valence-electron chi connectivity index (χ4n) is 3.61. The number of para-hydroxylation sites is 1. The Morgan fingerprint density at radius 3 is 2.38 bits per heavy atom. The summed E-state index contributed by atoms with van der Waals surface area (Å²) in [5, 5.41) is 12.3.